The monoisotopic (exact) mass is 201 g/mol. The van der Waals surface area contributed by atoms with Crippen molar-refractivity contribution in [3.63, 3.8) is 0 Å². The highest BCUT2D eigenvalue weighted by Gasteiger charge is 2.35. The summed E-state index contributed by atoms with van der Waals surface area (Å²) in [4.78, 5) is 33.2. The number of imide groups is 1. The Bertz CT molecular complexity index is 249. The van der Waals surface area contributed by atoms with E-state index in [1.165, 1.54) is 0 Å². The van der Waals surface area contributed by atoms with E-state index in [9.17, 15) is 14.4 Å². The van der Waals surface area contributed by atoms with E-state index in [1.54, 1.807) is 0 Å². The molecule has 0 radical (unpaired) electrons. The summed E-state index contributed by atoms with van der Waals surface area (Å²) in [6, 6.07) is 0. The molecule has 78 valence electrons. The van der Waals surface area contributed by atoms with E-state index in [4.69, 9.17) is 10.2 Å². The fourth-order valence-corrected chi connectivity index (χ4v) is 1.46. The van der Waals surface area contributed by atoms with Crippen LogP contribution in [-0.4, -0.2) is 39.6 Å². The van der Waals surface area contributed by atoms with Gasteiger partial charge in [0.1, 0.15) is 5.92 Å². The van der Waals surface area contributed by atoms with Gasteiger partial charge in [0.2, 0.25) is 5.91 Å². The maximum absolute atomic E-state index is 11.4. The minimum Gasteiger partial charge on any atom is -0.481 e. The summed E-state index contributed by atoms with van der Waals surface area (Å²) in [6.45, 7) is 0.0952. The molecule has 2 amide bonds. The van der Waals surface area contributed by atoms with Gasteiger partial charge in [-0.25, -0.2) is 9.69 Å². The second-order valence-electron chi connectivity index (χ2n) is 3.16. The number of aliphatic carboxylic acids is 1. The maximum Gasteiger partial charge on any atom is 0.414 e. The van der Waals surface area contributed by atoms with Crippen molar-refractivity contribution >= 4 is 18.0 Å². The largest absolute Gasteiger partial charge is 0.481 e. The lowest BCUT2D eigenvalue weighted by Crippen LogP contribution is -2.41. The third kappa shape index (κ3) is 2.01. The molecule has 14 heavy (non-hydrogen) atoms. The van der Waals surface area contributed by atoms with Gasteiger partial charge >= 0.3 is 12.1 Å². The van der Waals surface area contributed by atoms with E-state index in [0.29, 0.717) is 17.7 Å². The zero-order valence-corrected chi connectivity index (χ0v) is 7.47. The highest BCUT2D eigenvalue weighted by Crippen LogP contribution is 2.18. The molecule has 1 atom stereocenters. The van der Waals surface area contributed by atoms with Gasteiger partial charge in [0.15, 0.2) is 0 Å². The van der Waals surface area contributed by atoms with Crippen LogP contribution >= 0.6 is 0 Å². The Balaban J connectivity index is 2.84. The summed E-state index contributed by atoms with van der Waals surface area (Å²) < 4.78 is 0. The molecule has 0 aromatic rings. The molecule has 1 heterocycles. The van der Waals surface area contributed by atoms with Crippen LogP contribution in [0, 0.1) is 5.92 Å². The van der Waals surface area contributed by atoms with Crippen molar-refractivity contribution in [1.82, 2.24) is 4.90 Å². The first-order chi connectivity index (χ1) is 6.54. The highest BCUT2D eigenvalue weighted by molar-refractivity contribution is 6.02. The maximum atomic E-state index is 11.4. The number of nitrogens with zero attached hydrogens (tertiary/aromatic N) is 1. The lowest BCUT2D eigenvalue weighted by Gasteiger charge is -2.16. The van der Waals surface area contributed by atoms with Crippen molar-refractivity contribution in [2.24, 2.45) is 5.92 Å². The minimum absolute atomic E-state index is 0.0952. The first-order valence-corrected chi connectivity index (χ1v) is 4.31. The Morgan fingerprint density at radius 3 is 2.43 bits per heavy atom. The Hall–Kier alpha value is -1.59. The fourth-order valence-electron chi connectivity index (χ4n) is 1.46. The van der Waals surface area contributed by atoms with Crippen LogP contribution in [0.15, 0.2) is 0 Å². The molecule has 0 aromatic heterocycles. The standard InChI is InChI=1S/C8H11NO5/c10-6-5(7(11)12)3-1-2-4-9(6)8(13)14/h5H,1-4H2,(H,11,12)(H,13,14). The van der Waals surface area contributed by atoms with Gasteiger partial charge in [-0.3, -0.25) is 9.59 Å². The first kappa shape index (κ1) is 10.5. The summed E-state index contributed by atoms with van der Waals surface area (Å²) in [5.41, 5.74) is 0. The first-order valence-electron chi connectivity index (χ1n) is 4.31. The number of carboxylic acid groups (broad SMARTS) is 2. The van der Waals surface area contributed by atoms with Gasteiger partial charge in [-0.15, -0.1) is 0 Å². The minimum atomic E-state index is -1.37. The van der Waals surface area contributed by atoms with Crippen LogP contribution in [0.4, 0.5) is 4.79 Å². The number of hydrogen-bond acceptors (Lipinski definition) is 3. The lowest BCUT2D eigenvalue weighted by molar-refractivity contribution is -0.149. The lowest BCUT2D eigenvalue weighted by atomic mass is 10.0. The number of amides is 2. The molecule has 6 nitrogen and oxygen atoms in total. The van der Waals surface area contributed by atoms with E-state index < -0.39 is 23.9 Å². The van der Waals surface area contributed by atoms with Gasteiger partial charge in [0, 0.05) is 6.54 Å². The smallest absolute Gasteiger partial charge is 0.414 e. The quantitative estimate of drug-likeness (QED) is 0.598. The summed E-state index contributed by atoms with van der Waals surface area (Å²) in [6.07, 6.45) is -0.0603. The predicted octanol–water partition coefficient (Wildman–Crippen LogP) is 0.378. The molecule has 1 fully saturated rings. The van der Waals surface area contributed by atoms with Crippen LogP contribution in [-0.2, 0) is 9.59 Å². The van der Waals surface area contributed by atoms with Crippen LogP contribution in [0.25, 0.3) is 0 Å². The van der Waals surface area contributed by atoms with Crippen LogP contribution in [0.1, 0.15) is 19.3 Å². The van der Waals surface area contributed by atoms with Crippen molar-refractivity contribution in [3.05, 3.63) is 0 Å². The van der Waals surface area contributed by atoms with Crippen molar-refractivity contribution in [1.29, 1.82) is 0 Å². The molecule has 1 unspecified atom stereocenters. The molecule has 6 heteroatoms. The molecular weight excluding hydrogens is 190 g/mol. The average Bonchev–Trinajstić information content (AvgIpc) is 2.26. The summed E-state index contributed by atoms with van der Waals surface area (Å²) >= 11 is 0. The van der Waals surface area contributed by atoms with Crippen LogP contribution < -0.4 is 0 Å². The van der Waals surface area contributed by atoms with Crippen molar-refractivity contribution in [3.8, 4) is 0 Å². The number of likely N-dealkylation sites (tertiary alicyclic amines) is 1. The Morgan fingerprint density at radius 2 is 1.93 bits per heavy atom. The van der Waals surface area contributed by atoms with Gasteiger partial charge in [-0.2, -0.15) is 0 Å². The zero-order valence-electron chi connectivity index (χ0n) is 7.47. The SMILES string of the molecule is O=C(O)C1CCCCN(C(=O)O)C1=O. The summed E-state index contributed by atoms with van der Waals surface area (Å²) in [5.74, 6) is -3.26. The van der Waals surface area contributed by atoms with Gasteiger partial charge in [-0.1, -0.05) is 6.42 Å². The molecule has 0 aromatic carbocycles. The number of carboxylic acids is 1. The van der Waals surface area contributed by atoms with Crippen molar-refractivity contribution < 1.29 is 24.6 Å². The number of carbonyl (C=O) groups is 3. The molecule has 1 saturated heterocycles. The highest BCUT2D eigenvalue weighted by atomic mass is 16.4. The third-order valence-electron chi connectivity index (χ3n) is 2.22. The van der Waals surface area contributed by atoms with E-state index in [2.05, 4.69) is 0 Å². The van der Waals surface area contributed by atoms with Gasteiger partial charge in [0.25, 0.3) is 0 Å². The normalized spacial score (nSPS) is 23.0. The topological polar surface area (TPSA) is 94.9 Å². The average molecular weight is 201 g/mol. The Kier molecular flexibility index (Phi) is 3.06. The molecule has 2 N–H and O–H groups in total. The third-order valence-corrected chi connectivity index (χ3v) is 2.22. The molecule has 0 bridgehead atoms. The summed E-state index contributed by atoms with van der Waals surface area (Å²) in [5, 5.41) is 17.3. The zero-order chi connectivity index (χ0) is 10.7. The molecule has 1 rings (SSSR count). The second-order valence-corrected chi connectivity index (χ2v) is 3.16. The van der Waals surface area contributed by atoms with Crippen LogP contribution in [0.2, 0.25) is 0 Å². The molecule has 0 spiro atoms. The summed E-state index contributed by atoms with van der Waals surface area (Å²) in [7, 11) is 0. The molecule has 1 aliphatic rings. The van der Waals surface area contributed by atoms with Crippen LogP contribution in [0.3, 0.4) is 0 Å². The van der Waals surface area contributed by atoms with E-state index in [0.717, 1.165) is 0 Å². The predicted molar refractivity (Wildman–Crippen MR) is 44.7 cm³/mol. The fraction of sp³-hybridized carbons (Fsp3) is 0.625. The van der Waals surface area contributed by atoms with E-state index >= 15 is 0 Å². The number of hydrogen-bond donors (Lipinski definition) is 2. The van der Waals surface area contributed by atoms with Gasteiger partial charge in [0.05, 0.1) is 0 Å². The number of carbonyl (C=O) groups excluding carboxylic acids is 1. The Labute approximate surface area is 80.1 Å². The molecular formula is C8H11NO5. The molecule has 0 aliphatic carbocycles. The van der Waals surface area contributed by atoms with Gasteiger partial charge < -0.3 is 10.2 Å². The number of rotatable bonds is 1. The van der Waals surface area contributed by atoms with E-state index in [-0.39, 0.29) is 13.0 Å². The van der Waals surface area contributed by atoms with E-state index in [1.807, 2.05) is 0 Å². The van der Waals surface area contributed by atoms with Crippen molar-refractivity contribution in [2.75, 3.05) is 6.54 Å². The second kappa shape index (κ2) is 4.08. The van der Waals surface area contributed by atoms with Crippen LogP contribution in [0.5, 0.6) is 0 Å². The molecule has 0 saturated carbocycles. The van der Waals surface area contributed by atoms with Gasteiger partial charge in [-0.05, 0) is 12.8 Å². The Morgan fingerprint density at radius 1 is 1.29 bits per heavy atom. The van der Waals surface area contributed by atoms with Crippen molar-refractivity contribution in [2.45, 2.75) is 19.3 Å². The molecule has 1 aliphatic heterocycles.